The number of hydrogen-bond donors (Lipinski definition) is 0. The second-order valence-electron chi connectivity index (χ2n) is 6.21. The van der Waals surface area contributed by atoms with Gasteiger partial charge in [-0.15, -0.1) is 0 Å². The van der Waals surface area contributed by atoms with Crippen LogP contribution in [0.3, 0.4) is 0 Å². The molecule has 0 fully saturated rings. The zero-order valence-electron chi connectivity index (χ0n) is 15.1. The molecule has 2 nitrogen and oxygen atoms in total. The van der Waals surface area contributed by atoms with E-state index in [1.54, 1.807) is 12.4 Å². The Kier molecular flexibility index (Phi) is 6.33. The molecule has 0 saturated carbocycles. The monoisotopic (exact) mass is 400 g/mol. The Morgan fingerprint density at radius 2 is 1.61 bits per heavy atom. The van der Waals surface area contributed by atoms with Crippen molar-refractivity contribution in [2.24, 2.45) is 0 Å². The molecule has 1 aromatic heterocycles. The molecule has 0 aliphatic carbocycles. The van der Waals surface area contributed by atoms with Gasteiger partial charge in [-0.3, -0.25) is 0 Å². The van der Waals surface area contributed by atoms with Crippen LogP contribution in [0.5, 0.6) is 0 Å². The normalized spacial score (nSPS) is 10.5. The molecule has 0 atom stereocenters. The topological polar surface area (TPSA) is 25.8 Å². The van der Waals surface area contributed by atoms with E-state index in [2.05, 4.69) is 28.7 Å². The van der Waals surface area contributed by atoms with Crippen LogP contribution < -0.4 is 0 Å². The van der Waals surface area contributed by atoms with Gasteiger partial charge >= 0.3 is 0 Å². The molecule has 0 N–H and O–H groups in total. The maximum absolute atomic E-state index is 14.4. The summed E-state index contributed by atoms with van der Waals surface area (Å²) >= 11 is 5.60. The molecule has 0 amide bonds. The quantitative estimate of drug-likeness (QED) is 0.505. The second kappa shape index (κ2) is 8.90. The van der Waals surface area contributed by atoms with Crippen LogP contribution in [0.2, 0.25) is 5.02 Å². The molecule has 142 valence electrons. The van der Waals surface area contributed by atoms with Crippen molar-refractivity contribution in [3.63, 3.8) is 0 Å². The predicted molar refractivity (Wildman–Crippen MR) is 103 cm³/mol. The first-order valence-corrected chi connectivity index (χ1v) is 9.13. The van der Waals surface area contributed by atoms with Crippen molar-refractivity contribution >= 4 is 11.6 Å². The molecule has 2 aromatic carbocycles. The van der Waals surface area contributed by atoms with E-state index in [4.69, 9.17) is 11.6 Å². The highest BCUT2D eigenvalue weighted by molar-refractivity contribution is 6.30. The number of rotatable bonds is 4. The number of benzene rings is 2. The Morgan fingerprint density at radius 3 is 2.21 bits per heavy atom. The summed E-state index contributed by atoms with van der Waals surface area (Å²) in [5.74, 6) is 2.85. The molecular weight excluding hydrogens is 385 g/mol. The molecule has 0 radical (unpaired) electrons. The zero-order chi connectivity index (χ0) is 20.1. The molecule has 0 aliphatic heterocycles. The fourth-order valence-corrected chi connectivity index (χ4v) is 2.66. The fourth-order valence-electron chi connectivity index (χ4n) is 2.54. The minimum Gasteiger partial charge on any atom is -0.236 e. The van der Waals surface area contributed by atoms with E-state index in [1.807, 2.05) is 0 Å². The molecule has 0 unspecified atom stereocenters. The first-order valence-electron chi connectivity index (χ1n) is 8.75. The van der Waals surface area contributed by atoms with Crippen molar-refractivity contribution < 1.29 is 13.2 Å². The molecule has 0 bridgehead atoms. The van der Waals surface area contributed by atoms with Crippen LogP contribution in [0.25, 0.3) is 11.4 Å². The SMILES string of the molecule is CCCCc1cnc(-c2cc(F)c(C#Cc3ccc(Cl)c(F)c3)c(F)c2)nc1. The third kappa shape index (κ3) is 4.71. The third-order valence-electron chi connectivity index (χ3n) is 4.08. The van der Waals surface area contributed by atoms with E-state index in [1.165, 1.54) is 12.1 Å². The third-order valence-corrected chi connectivity index (χ3v) is 4.38. The van der Waals surface area contributed by atoms with Gasteiger partial charge in [-0.25, -0.2) is 23.1 Å². The largest absolute Gasteiger partial charge is 0.236 e. The summed E-state index contributed by atoms with van der Waals surface area (Å²) in [4.78, 5) is 8.38. The zero-order valence-corrected chi connectivity index (χ0v) is 15.8. The first kappa shape index (κ1) is 19.9. The Bertz CT molecular complexity index is 1030. The van der Waals surface area contributed by atoms with E-state index < -0.39 is 23.0 Å². The lowest BCUT2D eigenvalue weighted by Crippen LogP contribution is -1.97. The highest BCUT2D eigenvalue weighted by atomic mass is 35.5. The Labute approximate surface area is 166 Å². The smallest absolute Gasteiger partial charge is 0.159 e. The Morgan fingerprint density at radius 1 is 0.929 bits per heavy atom. The maximum atomic E-state index is 14.4. The van der Waals surface area contributed by atoms with E-state index in [-0.39, 0.29) is 22.0 Å². The van der Waals surface area contributed by atoms with Crippen LogP contribution in [0.4, 0.5) is 13.2 Å². The van der Waals surface area contributed by atoms with E-state index in [0.717, 1.165) is 43.0 Å². The summed E-state index contributed by atoms with van der Waals surface area (Å²) in [6, 6.07) is 6.18. The van der Waals surface area contributed by atoms with Crippen LogP contribution in [-0.4, -0.2) is 9.97 Å². The van der Waals surface area contributed by atoms with Gasteiger partial charge in [0, 0.05) is 23.5 Å². The molecule has 3 rings (SSSR count). The number of halogens is 4. The lowest BCUT2D eigenvalue weighted by molar-refractivity contribution is 0.578. The first-order chi connectivity index (χ1) is 13.5. The summed E-state index contributed by atoms with van der Waals surface area (Å²) < 4.78 is 42.2. The maximum Gasteiger partial charge on any atom is 0.159 e. The van der Waals surface area contributed by atoms with Gasteiger partial charge in [0.15, 0.2) is 5.82 Å². The van der Waals surface area contributed by atoms with Gasteiger partial charge in [-0.1, -0.05) is 36.8 Å². The average molecular weight is 401 g/mol. The second-order valence-corrected chi connectivity index (χ2v) is 6.62. The van der Waals surface area contributed by atoms with E-state index in [0.29, 0.717) is 0 Å². The average Bonchev–Trinajstić information content (AvgIpc) is 2.68. The molecule has 3 aromatic rings. The lowest BCUT2D eigenvalue weighted by atomic mass is 10.1. The van der Waals surface area contributed by atoms with Crippen molar-refractivity contribution in [3.05, 3.63) is 81.9 Å². The minimum absolute atomic E-state index is 0.0482. The van der Waals surface area contributed by atoms with Crippen LogP contribution in [0.1, 0.15) is 36.5 Å². The molecule has 0 aliphatic rings. The fraction of sp³-hybridized carbons (Fsp3) is 0.182. The van der Waals surface area contributed by atoms with Gasteiger partial charge in [-0.2, -0.15) is 0 Å². The molecule has 28 heavy (non-hydrogen) atoms. The molecule has 1 heterocycles. The number of nitrogens with zero attached hydrogens (tertiary/aromatic N) is 2. The van der Waals surface area contributed by atoms with Crippen molar-refractivity contribution in [1.29, 1.82) is 0 Å². The highest BCUT2D eigenvalue weighted by Gasteiger charge is 2.12. The Hall–Kier alpha value is -2.84. The van der Waals surface area contributed by atoms with Gasteiger partial charge in [0.25, 0.3) is 0 Å². The summed E-state index contributed by atoms with van der Waals surface area (Å²) in [6.07, 6.45) is 6.27. The van der Waals surface area contributed by atoms with Crippen LogP contribution in [0.15, 0.2) is 42.7 Å². The van der Waals surface area contributed by atoms with Crippen molar-refractivity contribution in [2.75, 3.05) is 0 Å². The predicted octanol–water partition coefficient (Wildman–Crippen LogP) is 5.96. The van der Waals surface area contributed by atoms with Crippen molar-refractivity contribution in [1.82, 2.24) is 9.97 Å². The van der Waals surface area contributed by atoms with E-state index >= 15 is 0 Å². The standard InChI is InChI=1S/C22H16ClF3N2/c1-2-3-4-15-12-27-22(28-13-15)16-10-19(24)17(20(25)11-16)7-5-14-6-8-18(23)21(26)9-14/h6,8-13H,2-4H2,1H3. The van der Waals surface area contributed by atoms with Gasteiger partial charge < -0.3 is 0 Å². The van der Waals surface area contributed by atoms with Crippen LogP contribution in [-0.2, 0) is 6.42 Å². The van der Waals surface area contributed by atoms with Gasteiger partial charge in [0.05, 0.1) is 10.6 Å². The summed E-state index contributed by atoms with van der Waals surface area (Å²) in [6.45, 7) is 2.09. The molecule has 6 heteroatoms. The molecular formula is C22H16ClF3N2. The Balaban J connectivity index is 1.87. The summed E-state index contributed by atoms with van der Waals surface area (Å²) in [5.41, 5.74) is 1.05. The van der Waals surface area contributed by atoms with E-state index in [9.17, 15) is 13.2 Å². The van der Waals surface area contributed by atoms with Gasteiger partial charge in [0.2, 0.25) is 0 Å². The van der Waals surface area contributed by atoms with Crippen LogP contribution in [0, 0.1) is 29.3 Å². The molecule has 0 saturated heterocycles. The number of unbranched alkanes of at least 4 members (excludes halogenated alkanes) is 1. The molecule has 0 spiro atoms. The van der Waals surface area contributed by atoms with Crippen LogP contribution >= 0.6 is 11.6 Å². The lowest BCUT2D eigenvalue weighted by Gasteiger charge is -2.05. The van der Waals surface area contributed by atoms with Crippen molar-refractivity contribution in [3.8, 4) is 23.2 Å². The number of hydrogen-bond acceptors (Lipinski definition) is 2. The van der Waals surface area contributed by atoms with Gasteiger partial charge in [-0.05, 0) is 48.7 Å². The van der Waals surface area contributed by atoms with Crippen molar-refractivity contribution in [2.45, 2.75) is 26.2 Å². The minimum atomic E-state index is -0.837. The summed E-state index contributed by atoms with van der Waals surface area (Å²) in [7, 11) is 0. The summed E-state index contributed by atoms with van der Waals surface area (Å²) in [5, 5.41) is -0.0482. The van der Waals surface area contributed by atoms with Gasteiger partial charge in [0.1, 0.15) is 17.5 Å². The highest BCUT2D eigenvalue weighted by Crippen LogP contribution is 2.22. The number of aromatic nitrogens is 2. The number of aryl methyl sites for hydroxylation is 1.